The van der Waals surface area contributed by atoms with Crippen LogP contribution in [-0.2, 0) is 0 Å². The molecule has 98 valence electrons. The van der Waals surface area contributed by atoms with Crippen LogP contribution in [0.2, 0.25) is 0 Å². The molecule has 0 aromatic carbocycles. The van der Waals surface area contributed by atoms with Gasteiger partial charge in [0.2, 0.25) is 0 Å². The number of fused-ring (bicyclic) bond motifs is 2. The minimum atomic E-state index is 0.877. The lowest BCUT2D eigenvalue weighted by atomic mass is 9.88. The summed E-state index contributed by atoms with van der Waals surface area (Å²) in [5.74, 6) is 4.79. The summed E-state index contributed by atoms with van der Waals surface area (Å²) in [7, 11) is 4.04. The summed E-state index contributed by atoms with van der Waals surface area (Å²) in [6.45, 7) is 1.14. The summed E-state index contributed by atoms with van der Waals surface area (Å²) in [6, 6.07) is 2.02. The Balaban J connectivity index is 1.65. The molecule has 1 heterocycles. The van der Waals surface area contributed by atoms with Crippen molar-refractivity contribution in [3.05, 3.63) is 12.4 Å². The molecule has 3 atom stereocenters. The first kappa shape index (κ1) is 11.8. The summed E-state index contributed by atoms with van der Waals surface area (Å²) in [6.07, 6.45) is 7.47. The van der Waals surface area contributed by atoms with E-state index in [1.54, 1.807) is 6.33 Å². The molecular formula is C14H22N4. The first-order chi connectivity index (χ1) is 8.76. The Morgan fingerprint density at radius 2 is 2.22 bits per heavy atom. The van der Waals surface area contributed by atoms with Crippen molar-refractivity contribution in [2.24, 2.45) is 17.8 Å². The van der Waals surface area contributed by atoms with Gasteiger partial charge in [0, 0.05) is 26.7 Å². The van der Waals surface area contributed by atoms with Crippen LogP contribution in [0, 0.1) is 17.8 Å². The highest BCUT2D eigenvalue weighted by atomic mass is 15.2. The van der Waals surface area contributed by atoms with Gasteiger partial charge >= 0.3 is 0 Å². The van der Waals surface area contributed by atoms with E-state index in [2.05, 4.69) is 27.2 Å². The van der Waals surface area contributed by atoms with Crippen LogP contribution in [0.4, 0.5) is 11.6 Å². The maximum absolute atomic E-state index is 4.37. The number of hydrogen-bond donors (Lipinski definition) is 1. The highest BCUT2D eigenvalue weighted by molar-refractivity contribution is 5.47. The molecule has 1 N–H and O–H groups in total. The molecular weight excluding hydrogens is 224 g/mol. The van der Waals surface area contributed by atoms with Crippen molar-refractivity contribution in [1.82, 2.24) is 9.97 Å². The molecule has 2 saturated carbocycles. The zero-order chi connectivity index (χ0) is 12.5. The van der Waals surface area contributed by atoms with Crippen LogP contribution >= 0.6 is 0 Å². The number of anilines is 2. The SMILES string of the molecule is CNc1cc(N(C)CC2CC3CCC2C3)ncn1. The third-order valence-corrected chi connectivity index (χ3v) is 4.69. The van der Waals surface area contributed by atoms with E-state index in [4.69, 9.17) is 0 Å². The molecule has 4 nitrogen and oxygen atoms in total. The summed E-state index contributed by atoms with van der Waals surface area (Å²) in [5.41, 5.74) is 0. The third kappa shape index (κ3) is 2.16. The Morgan fingerprint density at radius 1 is 1.33 bits per heavy atom. The van der Waals surface area contributed by atoms with Crippen LogP contribution in [0.3, 0.4) is 0 Å². The van der Waals surface area contributed by atoms with E-state index in [1.807, 2.05) is 13.1 Å². The molecule has 0 saturated heterocycles. The van der Waals surface area contributed by atoms with Crippen molar-refractivity contribution in [3.8, 4) is 0 Å². The first-order valence-electron chi connectivity index (χ1n) is 6.97. The van der Waals surface area contributed by atoms with Gasteiger partial charge in [-0.25, -0.2) is 9.97 Å². The minimum absolute atomic E-state index is 0.877. The van der Waals surface area contributed by atoms with Gasteiger partial charge in [-0.1, -0.05) is 6.42 Å². The fraction of sp³-hybridized carbons (Fsp3) is 0.714. The van der Waals surface area contributed by atoms with E-state index in [-0.39, 0.29) is 0 Å². The van der Waals surface area contributed by atoms with E-state index >= 15 is 0 Å². The van der Waals surface area contributed by atoms with Crippen molar-refractivity contribution < 1.29 is 0 Å². The molecule has 2 aliphatic carbocycles. The quantitative estimate of drug-likeness (QED) is 0.885. The Bertz CT molecular complexity index is 420. The monoisotopic (exact) mass is 246 g/mol. The van der Waals surface area contributed by atoms with E-state index in [0.717, 1.165) is 35.9 Å². The van der Waals surface area contributed by atoms with E-state index < -0.39 is 0 Å². The summed E-state index contributed by atoms with van der Waals surface area (Å²) >= 11 is 0. The van der Waals surface area contributed by atoms with Crippen LogP contribution < -0.4 is 10.2 Å². The topological polar surface area (TPSA) is 41.0 Å². The Hall–Kier alpha value is -1.32. The van der Waals surface area contributed by atoms with Crippen molar-refractivity contribution in [1.29, 1.82) is 0 Å². The molecule has 1 aromatic rings. The van der Waals surface area contributed by atoms with E-state index in [9.17, 15) is 0 Å². The van der Waals surface area contributed by atoms with Gasteiger partial charge in [0.1, 0.15) is 18.0 Å². The lowest BCUT2D eigenvalue weighted by molar-refractivity contribution is 0.337. The molecule has 1 aromatic heterocycles. The smallest absolute Gasteiger partial charge is 0.133 e. The molecule has 0 aliphatic heterocycles. The molecule has 0 amide bonds. The van der Waals surface area contributed by atoms with Crippen LogP contribution in [0.1, 0.15) is 25.7 Å². The lowest BCUT2D eigenvalue weighted by Gasteiger charge is -2.27. The molecule has 3 unspecified atom stereocenters. The zero-order valence-corrected chi connectivity index (χ0v) is 11.3. The second kappa shape index (κ2) is 4.75. The number of nitrogens with one attached hydrogen (secondary N) is 1. The Labute approximate surface area is 109 Å². The lowest BCUT2D eigenvalue weighted by Crippen LogP contribution is -2.29. The van der Waals surface area contributed by atoms with Crippen LogP contribution in [0.15, 0.2) is 12.4 Å². The van der Waals surface area contributed by atoms with Crippen LogP contribution in [0.5, 0.6) is 0 Å². The van der Waals surface area contributed by atoms with Gasteiger partial charge in [-0.05, 0) is 37.0 Å². The molecule has 2 bridgehead atoms. The van der Waals surface area contributed by atoms with Crippen LogP contribution in [-0.4, -0.2) is 30.6 Å². The van der Waals surface area contributed by atoms with Gasteiger partial charge in [0.05, 0.1) is 0 Å². The number of rotatable bonds is 4. The van der Waals surface area contributed by atoms with E-state index in [0.29, 0.717) is 0 Å². The van der Waals surface area contributed by atoms with Gasteiger partial charge in [0.15, 0.2) is 0 Å². The average molecular weight is 246 g/mol. The first-order valence-corrected chi connectivity index (χ1v) is 6.97. The van der Waals surface area contributed by atoms with Gasteiger partial charge in [0.25, 0.3) is 0 Å². The molecule has 0 radical (unpaired) electrons. The zero-order valence-electron chi connectivity index (χ0n) is 11.3. The largest absolute Gasteiger partial charge is 0.373 e. The predicted octanol–water partition coefficient (Wildman–Crippen LogP) is 2.39. The Kier molecular flexibility index (Phi) is 3.10. The molecule has 2 aliphatic rings. The highest BCUT2D eigenvalue weighted by Gasteiger charge is 2.39. The van der Waals surface area contributed by atoms with Crippen molar-refractivity contribution in [2.45, 2.75) is 25.7 Å². The summed E-state index contributed by atoms with van der Waals surface area (Å²) in [4.78, 5) is 10.8. The molecule has 3 rings (SSSR count). The maximum atomic E-state index is 4.37. The number of hydrogen-bond acceptors (Lipinski definition) is 4. The van der Waals surface area contributed by atoms with Crippen molar-refractivity contribution >= 4 is 11.6 Å². The fourth-order valence-electron chi connectivity index (χ4n) is 3.74. The standard InChI is InChI=1S/C14H22N4/c1-15-13-7-14(17-9-16-13)18(2)8-12-6-10-3-4-11(12)5-10/h7,9-12H,3-6,8H2,1-2H3,(H,15,16,17). The van der Waals surface area contributed by atoms with E-state index in [1.165, 1.54) is 25.7 Å². The van der Waals surface area contributed by atoms with Crippen LogP contribution in [0.25, 0.3) is 0 Å². The average Bonchev–Trinajstić information content (AvgIpc) is 3.01. The van der Waals surface area contributed by atoms with Crippen molar-refractivity contribution in [3.63, 3.8) is 0 Å². The normalized spacial score (nSPS) is 29.6. The van der Waals surface area contributed by atoms with Gasteiger partial charge in [-0.15, -0.1) is 0 Å². The van der Waals surface area contributed by atoms with Gasteiger partial charge < -0.3 is 10.2 Å². The number of aromatic nitrogens is 2. The molecule has 18 heavy (non-hydrogen) atoms. The highest BCUT2D eigenvalue weighted by Crippen LogP contribution is 2.48. The maximum Gasteiger partial charge on any atom is 0.133 e. The third-order valence-electron chi connectivity index (χ3n) is 4.69. The second-order valence-electron chi connectivity index (χ2n) is 5.83. The molecule has 0 spiro atoms. The van der Waals surface area contributed by atoms with Gasteiger partial charge in [-0.3, -0.25) is 0 Å². The van der Waals surface area contributed by atoms with Crippen molar-refractivity contribution in [2.75, 3.05) is 30.9 Å². The predicted molar refractivity (Wildman–Crippen MR) is 73.8 cm³/mol. The molecule has 2 fully saturated rings. The number of nitrogens with zero attached hydrogens (tertiary/aromatic N) is 3. The van der Waals surface area contributed by atoms with Gasteiger partial charge in [-0.2, -0.15) is 0 Å². The fourth-order valence-corrected chi connectivity index (χ4v) is 3.74. The molecule has 4 heteroatoms. The summed E-state index contributed by atoms with van der Waals surface area (Å²) in [5, 5.41) is 3.07. The minimum Gasteiger partial charge on any atom is -0.373 e. The second-order valence-corrected chi connectivity index (χ2v) is 5.83. The Morgan fingerprint density at radius 3 is 2.89 bits per heavy atom. The summed E-state index contributed by atoms with van der Waals surface area (Å²) < 4.78 is 0.